The number of likely N-dealkylation sites (tertiary alicyclic amines) is 1. The molecule has 2 heterocycles. The van der Waals surface area contributed by atoms with Crippen molar-refractivity contribution in [1.82, 2.24) is 9.96 Å². The molecule has 0 radical (unpaired) electrons. The zero-order chi connectivity index (χ0) is 20.6. The monoisotopic (exact) mass is 370 g/mol. The SMILES string of the molecule is CN(C)C1([N+]2(O)C(C)(C)CC(=O)CC2(C)C)CC(C)(C)N(O)C(C)(C)C1. The normalized spacial score (nSPS) is 31.8. The summed E-state index contributed by atoms with van der Waals surface area (Å²) < 4.78 is -0.202. The molecule has 2 saturated heterocycles. The number of nitrogens with zero attached hydrogens (tertiary/aromatic N) is 3. The van der Waals surface area contributed by atoms with Crippen LogP contribution >= 0.6 is 0 Å². The van der Waals surface area contributed by atoms with Crippen molar-refractivity contribution in [2.24, 2.45) is 0 Å². The Morgan fingerprint density at radius 3 is 1.54 bits per heavy atom. The van der Waals surface area contributed by atoms with Crippen LogP contribution < -0.4 is 0 Å². The number of carbonyl (C=O) groups is 1. The van der Waals surface area contributed by atoms with Crippen molar-refractivity contribution in [3.8, 4) is 0 Å². The van der Waals surface area contributed by atoms with Gasteiger partial charge in [-0.3, -0.25) is 9.69 Å². The summed E-state index contributed by atoms with van der Waals surface area (Å²) in [5.41, 5.74) is -2.94. The quantitative estimate of drug-likeness (QED) is 0.729. The predicted molar refractivity (Wildman–Crippen MR) is 102 cm³/mol. The number of piperidine rings is 2. The highest BCUT2D eigenvalue weighted by atomic mass is 16.6. The van der Waals surface area contributed by atoms with E-state index in [4.69, 9.17) is 0 Å². The van der Waals surface area contributed by atoms with Crippen LogP contribution in [0.2, 0.25) is 0 Å². The van der Waals surface area contributed by atoms with E-state index in [1.54, 1.807) is 0 Å². The van der Waals surface area contributed by atoms with Crippen LogP contribution in [-0.4, -0.2) is 72.7 Å². The van der Waals surface area contributed by atoms with Crippen LogP contribution in [0.1, 0.15) is 81.1 Å². The Morgan fingerprint density at radius 2 is 1.23 bits per heavy atom. The maximum absolute atomic E-state index is 12.5. The largest absolute Gasteiger partial charge is 0.313 e. The smallest absolute Gasteiger partial charge is 0.189 e. The van der Waals surface area contributed by atoms with Crippen molar-refractivity contribution in [3.63, 3.8) is 0 Å². The van der Waals surface area contributed by atoms with E-state index in [0.717, 1.165) is 0 Å². The van der Waals surface area contributed by atoms with E-state index in [-0.39, 0.29) is 10.4 Å². The second kappa shape index (κ2) is 5.74. The lowest BCUT2D eigenvalue weighted by molar-refractivity contribution is -1.21. The standard InChI is InChI=1S/C20H40N3O3/c1-16(2)13-20(21(9)10,14-17(3,4)22(16)25)23(26)18(5,6)11-15(24)12-19(23,7)8/h25-26H,11-14H2,1-10H3/q+1. The summed E-state index contributed by atoms with van der Waals surface area (Å²) in [4.78, 5) is 14.6. The van der Waals surface area contributed by atoms with Crippen molar-refractivity contribution < 1.29 is 19.9 Å². The summed E-state index contributed by atoms with van der Waals surface area (Å²) in [5.74, 6) is 0.204. The van der Waals surface area contributed by atoms with Gasteiger partial charge in [-0.25, -0.2) is 5.21 Å². The highest BCUT2D eigenvalue weighted by molar-refractivity contribution is 5.81. The topological polar surface area (TPSA) is 64.0 Å². The van der Waals surface area contributed by atoms with Gasteiger partial charge in [0.15, 0.2) is 5.66 Å². The van der Waals surface area contributed by atoms with Crippen molar-refractivity contribution in [2.45, 2.75) is 109 Å². The first-order valence-corrected chi connectivity index (χ1v) is 9.67. The Bertz CT molecular complexity index is 555. The van der Waals surface area contributed by atoms with Gasteiger partial charge in [-0.1, -0.05) is 0 Å². The third-order valence-electron chi connectivity index (χ3n) is 7.02. The molecule has 0 aliphatic carbocycles. The first-order valence-electron chi connectivity index (χ1n) is 9.67. The first kappa shape index (κ1) is 21.8. The molecule has 0 aromatic heterocycles. The van der Waals surface area contributed by atoms with Gasteiger partial charge in [0.25, 0.3) is 0 Å². The highest BCUT2D eigenvalue weighted by Gasteiger charge is 2.74. The Kier molecular flexibility index (Phi) is 4.80. The summed E-state index contributed by atoms with van der Waals surface area (Å²) >= 11 is 0. The summed E-state index contributed by atoms with van der Waals surface area (Å²) in [7, 11) is 4.02. The lowest BCUT2D eigenvalue weighted by Crippen LogP contribution is -2.87. The number of quaternary nitrogens is 1. The van der Waals surface area contributed by atoms with Crippen LogP contribution in [0.5, 0.6) is 0 Å². The number of Topliss-reactive ketones (excluding diaryl/α,β-unsaturated/α-hetero) is 1. The molecule has 2 aliphatic heterocycles. The molecule has 2 rings (SSSR count). The maximum atomic E-state index is 12.5. The Morgan fingerprint density at radius 1 is 0.885 bits per heavy atom. The average molecular weight is 371 g/mol. The number of hydrogen-bond acceptors (Lipinski definition) is 5. The van der Waals surface area contributed by atoms with Gasteiger partial charge in [-0.05, 0) is 69.5 Å². The summed E-state index contributed by atoms with van der Waals surface area (Å²) in [6, 6.07) is 0. The van der Waals surface area contributed by atoms with Gasteiger partial charge in [-0.2, -0.15) is 9.71 Å². The third kappa shape index (κ3) is 2.68. The average Bonchev–Trinajstić information content (AvgIpc) is 2.39. The molecule has 6 nitrogen and oxygen atoms in total. The van der Waals surface area contributed by atoms with Gasteiger partial charge >= 0.3 is 0 Å². The summed E-state index contributed by atoms with van der Waals surface area (Å²) in [5, 5.41) is 24.8. The Balaban J connectivity index is 2.78. The van der Waals surface area contributed by atoms with Gasteiger partial charge in [0.1, 0.15) is 16.9 Å². The molecule has 2 fully saturated rings. The van der Waals surface area contributed by atoms with Crippen LogP contribution in [0.15, 0.2) is 0 Å². The fraction of sp³-hybridized carbons (Fsp3) is 0.950. The Hall–Kier alpha value is -0.530. The van der Waals surface area contributed by atoms with Crippen molar-refractivity contribution >= 4 is 5.78 Å². The number of rotatable bonds is 2. The van der Waals surface area contributed by atoms with E-state index in [1.807, 2.05) is 69.5 Å². The second-order valence-electron chi connectivity index (χ2n) is 11.3. The van der Waals surface area contributed by atoms with Crippen molar-refractivity contribution in [3.05, 3.63) is 0 Å². The molecular formula is C20H40N3O3+. The zero-order valence-electron chi connectivity index (χ0n) is 18.5. The van der Waals surface area contributed by atoms with E-state index >= 15 is 0 Å². The molecule has 26 heavy (non-hydrogen) atoms. The lowest BCUT2D eigenvalue weighted by Gasteiger charge is -2.69. The van der Waals surface area contributed by atoms with Gasteiger partial charge in [0.05, 0.1) is 12.8 Å². The maximum Gasteiger partial charge on any atom is 0.189 e. The molecule has 2 aliphatic rings. The van der Waals surface area contributed by atoms with Crippen LogP contribution in [0, 0.1) is 0 Å². The van der Waals surface area contributed by atoms with E-state index < -0.39 is 27.8 Å². The van der Waals surface area contributed by atoms with E-state index in [1.165, 1.54) is 5.06 Å². The number of hydroxylamine groups is 5. The Labute approximate surface area is 159 Å². The van der Waals surface area contributed by atoms with Crippen LogP contribution in [0.3, 0.4) is 0 Å². The van der Waals surface area contributed by atoms with Gasteiger partial charge < -0.3 is 5.21 Å². The zero-order valence-corrected chi connectivity index (χ0v) is 18.5. The second-order valence-corrected chi connectivity index (χ2v) is 11.3. The van der Waals surface area contributed by atoms with E-state index in [0.29, 0.717) is 25.7 Å². The molecule has 0 aromatic rings. The van der Waals surface area contributed by atoms with E-state index in [9.17, 15) is 15.2 Å². The highest BCUT2D eigenvalue weighted by Crippen LogP contribution is 2.57. The molecule has 0 bridgehead atoms. The van der Waals surface area contributed by atoms with Gasteiger partial charge in [-0.15, -0.1) is 0 Å². The number of hydrogen-bond donors (Lipinski definition) is 2. The van der Waals surface area contributed by atoms with Crippen molar-refractivity contribution in [2.75, 3.05) is 14.1 Å². The minimum absolute atomic E-state index is 0.202. The minimum atomic E-state index is -0.639. The van der Waals surface area contributed by atoms with Gasteiger partial charge in [0, 0.05) is 23.9 Å². The summed E-state index contributed by atoms with van der Waals surface area (Å²) in [6.07, 6.45) is 1.88. The molecule has 0 spiro atoms. The molecular weight excluding hydrogens is 330 g/mol. The lowest BCUT2D eigenvalue weighted by atomic mass is 9.67. The molecule has 6 heteroatoms. The molecule has 0 saturated carbocycles. The first-order chi connectivity index (χ1) is 11.4. The molecule has 0 unspecified atom stereocenters. The molecule has 152 valence electrons. The number of carbonyl (C=O) groups excluding carboxylic acids is 1. The molecule has 0 amide bonds. The van der Waals surface area contributed by atoms with Crippen LogP contribution in [0.4, 0.5) is 0 Å². The molecule has 0 aromatic carbocycles. The van der Waals surface area contributed by atoms with Crippen molar-refractivity contribution in [1.29, 1.82) is 0 Å². The molecule has 2 N–H and O–H groups in total. The summed E-state index contributed by atoms with van der Waals surface area (Å²) in [6.45, 7) is 16.1. The minimum Gasteiger partial charge on any atom is -0.313 e. The van der Waals surface area contributed by atoms with Gasteiger partial charge in [0.2, 0.25) is 0 Å². The number of ketones is 1. The fourth-order valence-electron chi connectivity index (χ4n) is 6.45. The molecule has 0 atom stereocenters. The fourth-order valence-corrected chi connectivity index (χ4v) is 6.45. The van der Waals surface area contributed by atoms with Crippen LogP contribution in [-0.2, 0) is 4.79 Å². The predicted octanol–water partition coefficient (Wildman–Crippen LogP) is 3.41. The van der Waals surface area contributed by atoms with E-state index in [2.05, 4.69) is 4.90 Å². The third-order valence-corrected chi connectivity index (χ3v) is 7.02. The van der Waals surface area contributed by atoms with Crippen LogP contribution in [0.25, 0.3) is 0 Å².